The topological polar surface area (TPSA) is 61.7 Å². The van der Waals surface area contributed by atoms with Crippen LogP contribution in [-0.2, 0) is 0 Å². The van der Waals surface area contributed by atoms with Crippen molar-refractivity contribution < 1.29 is 15.1 Å². The number of hydrogen-bond acceptors (Lipinski definition) is 4. The molecule has 0 bridgehead atoms. The summed E-state index contributed by atoms with van der Waals surface area (Å²) < 4.78 is 5.22. The minimum absolute atomic E-state index is 0.0770. The molecule has 0 aromatic heterocycles. The van der Waals surface area contributed by atoms with Crippen LogP contribution in [0, 0.1) is 0 Å². The highest BCUT2D eigenvalue weighted by atomic mass is 35.5. The van der Waals surface area contributed by atoms with E-state index in [0.29, 0.717) is 10.8 Å². The average Bonchev–Trinajstić information content (AvgIpc) is 2.17. The van der Waals surface area contributed by atoms with E-state index in [1.165, 1.54) is 0 Å². The number of aliphatic hydroxyl groups is 1. The van der Waals surface area contributed by atoms with E-state index in [9.17, 15) is 5.11 Å². The average molecular weight is 218 g/mol. The van der Waals surface area contributed by atoms with E-state index in [4.69, 9.17) is 21.5 Å². The van der Waals surface area contributed by atoms with Crippen LogP contribution in [0.25, 0.3) is 0 Å². The Morgan fingerprint density at radius 1 is 1.36 bits per heavy atom. The summed E-state index contributed by atoms with van der Waals surface area (Å²) in [5.74, 6) is 0.631. The first-order valence-electron chi connectivity index (χ1n) is 4.16. The van der Waals surface area contributed by atoms with Gasteiger partial charge in [-0.25, -0.2) is 5.48 Å². The van der Waals surface area contributed by atoms with Crippen LogP contribution in [0.5, 0.6) is 5.75 Å². The highest BCUT2D eigenvalue weighted by Crippen LogP contribution is 2.15. The molecule has 5 heteroatoms. The van der Waals surface area contributed by atoms with Gasteiger partial charge >= 0.3 is 0 Å². The van der Waals surface area contributed by atoms with Crippen molar-refractivity contribution in [2.24, 2.45) is 0 Å². The molecule has 14 heavy (non-hydrogen) atoms. The van der Waals surface area contributed by atoms with Gasteiger partial charge in [-0.05, 0) is 24.3 Å². The van der Waals surface area contributed by atoms with E-state index in [-0.39, 0.29) is 13.2 Å². The number of hydroxylamine groups is 1. The van der Waals surface area contributed by atoms with Gasteiger partial charge < -0.3 is 15.1 Å². The third kappa shape index (κ3) is 3.93. The summed E-state index contributed by atoms with van der Waals surface area (Å²) in [4.78, 5) is 0. The first-order valence-corrected chi connectivity index (χ1v) is 4.53. The maximum absolute atomic E-state index is 9.19. The highest BCUT2D eigenvalue weighted by molar-refractivity contribution is 6.30. The molecule has 1 atom stereocenters. The molecule has 0 spiro atoms. The number of nitrogens with one attached hydrogen (secondary N) is 1. The van der Waals surface area contributed by atoms with Crippen LogP contribution in [-0.4, -0.2) is 29.6 Å². The number of rotatable bonds is 5. The van der Waals surface area contributed by atoms with Gasteiger partial charge in [0.05, 0.1) is 6.54 Å². The Hall–Kier alpha value is -0.810. The predicted octanol–water partition coefficient (Wildman–Crippen LogP) is 1.06. The Bertz CT molecular complexity index is 265. The van der Waals surface area contributed by atoms with Crippen molar-refractivity contribution >= 4 is 11.6 Å². The first kappa shape index (κ1) is 11.3. The zero-order valence-electron chi connectivity index (χ0n) is 7.48. The second-order valence-corrected chi connectivity index (χ2v) is 3.22. The fraction of sp³-hybridized carbons (Fsp3) is 0.333. The fourth-order valence-electron chi connectivity index (χ4n) is 0.888. The molecule has 0 aliphatic rings. The quantitative estimate of drug-likeness (QED) is 0.646. The first-order chi connectivity index (χ1) is 6.72. The van der Waals surface area contributed by atoms with E-state index in [0.717, 1.165) is 0 Å². The second-order valence-electron chi connectivity index (χ2n) is 2.78. The summed E-state index contributed by atoms with van der Waals surface area (Å²) in [6.45, 7) is 0.197. The Balaban J connectivity index is 2.34. The summed E-state index contributed by atoms with van der Waals surface area (Å²) in [6.07, 6.45) is -0.740. The lowest BCUT2D eigenvalue weighted by Crippen LogP contribution is -2.29. The van der Waals surface area contributed by atoms with Gasteiger partial charge in [-0.15, -0.1) is 0 Å². The van der Waals surface area contributed by atoms with Gasteiger partial charge in [0, 0.05) is 5.02 Å². The zero-order valence-corrected chi connectivity index (χ0v) is 8.24. The molecule has 3 N–H and O–H groups in total. The number of benzene rings is 1. The van der Waals surface area contributed by atoms with Crippen LogP contribution in [0.4, 0.5) is 0 Å². The summed E-state index contributed by atoms with van der Waals surface area (Å²) in [5, 5.41) is 18.1. The number of aliphatic hydroxyl groups excluding tert-OH is 1. The molecule has 1 unspecified atom stereocenters. The lowest BCUT2D eigenvalue weighted by atomic mass is 10.3. The molecule has 0 radical (unpaired) electrons. The molecule has 78 valence electrons. The van der Waals surface area contributed by atoms with Crippen molar-refractivity contribution in [1.82, 2.24) is 5.48 Å². The molecule has 0 aliphatic heterocycles. The standard InChI is InChI=1S/C9H12ClNO3/c10-7-1-3-9(4-2-7)14-6-8(12)5-11-13/h1-4,8,11-13H,5-6H2. The zero-order chi connectivity index (χ0) is 10.4. The predicted molar refractivity (Wildman–Crippen MR) is 52.7 cm³/mol. The van der Waals surface area contributed by atoms with Gasteiger partial charge in [0.1, 0.15) is 18.5 Å². The summed E-state index contributed by atoms with van der Waals surface area (Å²) >= 11 is 5.68. The lowest BCUT2D eigenvalue weighted by molar-refractivity contribution is 0.0601. The monoisotopic (exact) mass is 217 g/mol. The van der Waals surface area contributed by atoms with E-state index in [1.54, 1.807) is 24.3 Å². The summed E-state index contributed by atoms with van der Waals surface area (Å²) in [7, 11) is 0. The van der Waals surface area contributed by atoms with Crippen molar-refractivity contribution in [3.8, 4) is 5.75 Å². The van der Waals surface area contributed by atoms with Crippen LogP contribution in [0.15, 0.2) is 24.3 Å². The van der Waals surface area contributed by atoms with E-state index in [2.05, 4.69) is 0 Å². The minimum Gasteiger partial charge on any atom is -0.491 e. The minimum atomic E-state index is -0.740. The van der Waals surface area contributed by atoms with Crippen LogP contribution < -0.4 is 10.2 Å². The van der Waals surface area contributed by atoms with Crippen LogP contribution >= 0.6 is 11.6 Å². The van der Waals surface area contributed by atoms with Crippen LogP contribution in [0.2, 0.25) is 5.02 Å². The van der Waals surface area contributed by atoms with E-state index in [1.807, 2.05) is 5.48 Å². The molecule has 1 aromatic rings. The molecular formula is C9H12ClNO3. The van der Waals surface area contributed by atoms with Gasteiger partial charge in [-0.3, -0.25) is 0 Å². The molecule has 0 fully saturated rings. The van der Waals surface area contributed by atoms with Crippen molar-refractivity contribution in [3.05, 3.63) is 29.3 Å². The molecule has 1 rings (SSSR count). The summed E-state index contributed by atoms with van der Waals surface area (Å²) in [6, 6.07) is 6.82. The van der Waals surface area contributed by atoms with Crippen molar-refractivity contribution in [1.29, 1.82) is 0 Å². The van der Waals surface area contributed by atoms with E-state index < -0.39 is 6.10 Å². The molecule has 0 amide bonds. The normalized spacial score (nSPS) is 12.5. The number of halogens is 1. The Morgan fingerprint density at radius 2 is 2.00 bits per heavy atom. The van der Waals surface area contributed by atoms with Crippen molar-refractivity contribution in [2.75, 3.05) is 13.2 Å². The SMILES string of the molecule is ONCC(O)COc1ccc(Cl)cc1. The van der Waals surface area contributed by atoms with Gasteiger partial charge in [-0.2, -0.15) is 0 Å². The number of hydrogen-bond donors (Lipinski definition) is 3. The maximum atomic E-state index is 9.19. The van der Waals surface area contributed by atoms with Gasteiger partial charge in [0.2, 0.25) is 0 Å². The van der Waals surface area contributed by atoms with Gasteiger partial charge in [0.25, 0.3) is 0 Å². The fourth-order valence-corrected chi connectivity index (χ4v) is 1.01. The van der Waals surface area contributed by atoms with Gasteiger partial charge in [-0.1, -0.05) is 11.6 Å². The van der Waals surface area contributed by atoms with Crippen molar-refractivity contribution in [3.63, 3.8) is 0 Å². The second kappa shape index (κ2) is 5.82. The number of ether oxygens (including phenoxy) is 1. The van der Waals surface area contributed by atoms with E-state index >= 15 is 0 Å². The molecule has 0 saturated carbocycles. The molecule has 0 saturated heterocycles. The lowest BCUT2D eigenvalue weighted by Gasteiger charge is -2.10. The van der Waals surface area contributed by atoms with Gasteiger partial charge in [0.15, 0.2) is 0 Å². The third-order valence-electron chi connectivity index (χ3n) is 1.58. The Kier molecular flexibility index (Phi) is 4.69. The summed E-state index contributed by atoms with van der Waals surface area (Å²) in [5.41, 5.74) is 1.86. The third-order valence-corrected chi connectivity index (χ3v) is 1.83. The Labute approximate surface area is 87.0 Å². The van der Waals surface area contributed by atoms with Crippen LogP contribution in [0.1, 0.15) is 0 Å². The molecule has 1 aromatic carbocycles. The van der Waals surface area contributed by atoms with Crippen LogP contribution in [0.3, 0.4) is 0 Å². The smallest absolute Gasteiger partial charge is 0.119 e. The molecule has 4 nitrogen and oxygen atoms in total. The maximum Gasteiger partial charge on any atom is 0.119 e. The highest BCUT2D eigenvalue weighted by Gasteiger charge is 2.03. The molecule has 0 aliphatic carbocycles. The Morgan fingerprint density at radius 3 is 2.57 bits per heavy atom. The molecular weight excluding hydrogens is 206 g/mol. The van der Waals surface area contributed by atoms with Crippen molar-refractivity contribution in [2.45, 2.75) is 6.10 Å². The molecule has 0 heterocycles. The largest absolute Gasteiger partial charge is 0.491 e.